The topological polar surface area (TPSA) is 172 Å². The molecule has 0 saturated carbocycles. The van der Waals surface area contributed by atoms with E-state index in [1.54, 1.807) is 0 Å². The maximum Gasteiger partial charge on any atom is 0.336 e. The smallest absolute Gasteiger partial charge is 0.336 e. The third kappa shape index (κ3) is 3.67. The molecule has 1 aromatic rings. The zero-order valence-electron chi connectivity index (χ0n) is 10.8. The highest BCUT2D eigenvalue weighted by Gasteiger charge is 2.29. The van der Waals surface area contributed by atoms with Gasteiger partial charge in [-0.25, -0.2) is 9.79 Å². The van der Waals surface area contributed by atoms with Gasteiger partial charge in [-0.1, -0.05) is 11.8 Å². The maximum absolute atomic E-state index is 11.0. The van der Waals surface area contributed by atoms with E-state index in [-0.39, 0.29) is 5.17 Å². The molecule has 0 heterocycles. The van der Waals surface area contributed by atoms with Crippen LogP contribution in [0.5, 0.6) is 0 Å². The summed E-state index contributed by atoms with van der Waals surface area (Å²) in [5, 5.41) is 41.4. The molecular weight excluding hydrogens is 318 g/mol. The van der Waals surface area contributed by atoms with Crippen molar-refractivity contribution in [2.45, 2.75) is 0 Å². The van der Waals surface area contributed by atoms with Gasteiger partial charge in [-0.15, -0.1) is 0 Å². The first-order valence-corrected chi connectivity index (χ1v) is 6.52. The predicted molar refractivity (Wildman–Crippen MR) is 76.1 cm³/mol. The lowest BCUT2D eigenvalue weighted by atomic mass is 10.1. The number of carbonyl (C=O) groups is 1. The lowest BCUT2D eigenvalue weighted by Gasteiger charge is -2.04. The van der Waals surface area contributed by atoms with Crippen LogP contribution in [-0.2, 0) is 0 Å². The van der Waals surface area contributed by atoms with Crippen LogP contribution in [0.25, 0.3) is 0 Å². The van der Waals surface area contributed by atoms with E-state index in [1.807, 2.05) is 0 Å². The molecule has 2 N–H and O–H groups in total. The second-order valence-electron chi connectivity index (χ2n) is 3.54. The Morgan fingerprint density at radius 1 is 1.36 bits per heavy atom. The summed E-state index contributed by atoms with van der Waals surface area (Å²) in [5.74, 6) is -1.55. The van der Waals surface area contributed by atoms with Gasteiger partial charge in [0.1, 0.15) is 0 Å². The Morgan fingerprint density at radius 3 is 2.18 bits per heavy atom. The second kappa shape index (κ2) is 6.99. The molecule has 0 atom stereocenters. The molecule has 1 aromatic carbocycles. The number of hydrogen-bond donors (Lipinski definition) is 2. The first kappa shape index (κ1) is 16.9. The molecule has 12 heteroatoms. The monoisotopic (exact) mass is 325 g/mol. The number of nitro groups is 2. The van der Waals surface area contributed by atoms with E-state index in [0.717, 1.165) is 11.8 Å². The molecule has 0 aromatic heterocycles. The molecule has 0 aliphatic heterocycles. The Kier molecular flexibility index (Phi) is 5.36. The SMILES string of the molecule is CSC(=Nc1c([N+](=O)[O-])cc(C(=O)O)cc1[N+](=O)[O-])NC#N. The summed E-state index contributed by atoms with van der Waals surface area (Å²) in [7, 11) is 0. The van der Waals surface area contributed by atoms with Crippen LogP contribution in [0.2, 0.25) is 0 Å². The number of carboxylic acid groups (broad SMARTS) is 1. The van der Waals surface area contributed by atoms with E-state index < -0.39 is 38.4 Å². The number of aliphatic imine (C=N–C) groups is 1. The van der Waals surface area contributed by atoms with Gasteiger partial charge in [0.25, 0.3) is 0 Å². The number of nitrogens with zero attached hydrogens (tertiary/aromatic N) is 4. The Labute approximate surface area is 126 Å². The van der Waals surface area contributed by atoms with Crippen molar-refractivity contribution in [2.75, 3.05) is 6.26 Å². The number of hydrogen-bond acceptors (Lipinski definition) is 8. The number of carboxylic acids is 1. The molecule has 0 amide bonds. The molecule has 11 nitrogen and oxygen atoms in total. The molecule has 0 bridgehead atoms. The fourth-order valence-corrected chi connectivity index (χ4v) is 1.72. The number of aromatic carboxylic acids is 1. The molecule has 1 rings (SSSR count). The highest BCUT2D eigenvalue weighted by Crippen LogP contribution is 2.38. The maximum atomic E-state index is 11.0. The highest BCUT2D eigenvalue weighted by molar-refractivity contribution is 8.13. The van der Waals surface area contributed by atoms with Crippen molar-refractivity contribution in [1.29, 1.82) is 5.26 Å². The molecule has 0 unspecified atom stereocenters. The number of amidine groups is 1. The zero-order valence-corrected chi connectivity index (χ0v) is 11.7. The zero-order chi connectivity index (χ0) is 16.9. The molecule has 0 spiro atoms. The van der Waals surface area contributed by atoms with Crippen molar-refractivity contribution < 1.29 is 19.7 Å². The van der Waals surface area contributed by atoms with Gasteiger partial charge in [0.15, 0.2) is 11.4 Å². The summed E-state index contributed by atoms with van der Waals surface area (Å²) < 4.78 is 0. The highest BCUT2D eigenvalue weighted by atomic mass is 32.2. The first-order valence-electron chi connectivity index (χ1n) is 5.29. The third-order valence-corrected chi connectivity index (χ3v) is 2.86. The number of nitrogens with one attached hydrogen (secondary N) is 1. The van der Waals surface area contributed by atoms with Gasteiger partial charge < -0.3 is 5.11 Å². The number of benzene rings is 1. The van der Waals surface area contributed by atoms with Gasteiger partial charge >= 0.3 is 17.3 Å². The van der Waals surface area contributed by atoms with Crippen molar-refractivity contribution in [3.63, 3.8) is 0 Å². The first-order chi connectivity index (χ1) is 10.3. The Hall–Kier alpha value is -3.20. The minimum Gasteiger partial charge on any atom is -0.478 e. The summed E-state index contributed by atoms with van der Waals surface area (Å²) in [6, 6.07) is 1.33. The Balaban J connectivity index is 3.73. The van der Waals surface area contributed by atoms with Crippen molar-refractivity contribution in [3.8, 4) is 6.19 Å². The van der Waals surface area contributed by atoms with E-state index in [9.17, 15) is 25.0 Å². The van der Waals surface area contributed by atoms with E-state index in [1.165, 1.54) is 12.4 Å². The number of thioether (sulfide) groups is 1. The average Bonchev–Trinajstić information content (AvgIpc) is 2.45. The van der Waals surface area contributed by atoms with E-state index in [4.69, 9.17) is 10.4 Å². The minimum atomic E-state index is -1.55. The van der Waals surface area contributed by atoms with Crippen molar-refractivity contribution in [2.24, 2.45) is 4.99 Å². The van der Waals surface area contributed by atoms with Crippen molar-refractivity contribution in [3.05, 3.63) is 37.9 Å². The fourth-order valence-electron chi connectivity index (χ4n) is 1.39. The van der Waals surface area contributed by atoms with Crippen LogP contribution in [0.4, 0.5) is 17.1 Å². The molecule has 0 fully saturated rings. The molecule has 0 radical (unpaired) electrons. The minimum absolute atomic E-state index is 0.114. The molecule has 0 aliphatic carbocycles. The van der Waals surface area contributed by atoms with E-state index in [0.29, 0.717) is 12.1 Å². The van der Waals surface area contributed by atoms with Crippen LogP contribution in [0, 0.1) is 31.7 Å². The number of nitro benzene ring substituents is 2. The van der Waals surface area contributed by atoms with E-state index in [2.05, 4.69) is 10.3 Å². The van der Waals surface area contributed by atoms with Gasteiger partial charge in [0, 0.05) is 12.1 Å². The van der Waals surface area contributed by atoms with E-state index >= 15 is 0 Å². The third-order valence-electron chi connectivity index (χ3n) is 2.28. The van der Waals surface area contributed by atoms with Crippen molar-refractivity contribution in [1.82, 2.24) is 5.32 Å². The van der Waals surface area contributed by atoms with Crippen LogP contribution in [0.15, 0.2) is 17.1 Å². The summed E-state index contributed by atoms with van der Waals surface area (Å²) in [6.45, 7) is 0. The standard InChI is InChI=1S/C10H7N5O6S/c1-22-10(12-4-11)13-8-6(14(18)19)2-5(9(16)17)3-7(8)15(20)21/h2-3H,1H3,(H,12,13)(H,16,17). The molecule has 0 aliphatic rings. The number of rotatable bonds is 4. The summed E-state index contributed by atoms with van der Waals surface area (Å²) in [6.07, 6.45) is 3.02. The second-order valence-corrected chi connectivity index (χ2v) is 4.34. The molecule has 0 saturated heterocycles. The normalized spacial score (nSPS) is 10.6. The average molecular weight is 325 g/mol. The molecule has 22 heavy (non-hydrogen) atoms. The van der Waals surface area contributed by atoms with Crippen LogP contribution in [0.3, 0.4) is 0 Å². The molecule has 114 valence electrons. The lowest BCUT2D eigenvalue weighted by Crippen LogP contribution is -2.13. The van der Waals surface area contributed by atoms with Crippen LogP contribution in [-0.4, -0.2) is 32.3 Å². The summed E-state index contributed by atoms with van der Waals surface area (Å²) >= 11 is 0.896. The predicted octanol–water partition coefficient (Wildman–Crippen LogP) is 1.62. The van der Waals surface area contributed by atoms with Gasteiger partial charge in [-0.3, -0.25) is 25.5 Å². The summed E-state index contributed by atoms with van der Waals surface area (Å²) in [5.41, 5.74) is -2.96. The fraction of sp³-hybridized carbons (Fsp3) is 0.100. The van der Waals surface area contributed by atoms with Gasteiger partial charge in [-0.05, 0) is 6.26 Å². The van der Waals surface area contributed by atoms with Crippen LogP contribution >= 0.6 is 11.8 Å². The van der Waals surface area contributed by atoms with Gasteiger partial charge in [0.05, 0.1) is 15.4 Å². The summed E-state index contributed by atoms with van der Waals surface area (Å²) in [4.78, 5) is 34.7. The van der Waals surface area contributed by atoms with Gasteiger partial charge in [-0.2, -0.15) is 5.26 Å². The van der Waals surface area contributed by atoms with Gasteiger partial charge in [0.2, 0.25) is 5.69 Å². The molecular formula is C10H7N5O6S. The van der Waals surface area contributed by atoms with Crippen LogP contribution < -0.4 is 5.32 Å². The quantitative estimate of drug-likeness (QED) is 0.208. The lowest BCUT2D eigenvalue weighted by molar-refractivity contribution is -0.392. The van der Waals surface area contributed by atoms with Crippen LogP contribution in [0.1, 0.15) is 10.4 Å². The largest absolute Gasteiger partial charge is 0.478 e. The van der Waals surface area contributed by atoms with Crippen molar-refractivity contribution >= 4 is 40.0 Å². The Bertz CT molecular complexity index is 690. The number of nitriles is 1. The Morgan fingerprint density at radius 2 is 1.86 bits per heavy atom.